The van der Waals surface area contributed by atoms with Crippen LogP contribution in [0, 0.1) is 23.2 Å². The summed E-state index contributed by atoms with van der Waals surface area (Å²) in [5.74, 6) is 1.02. The van der Waals surface area contributed by atoms with Gasteiger partial charge in [-0.3, -0.25) is 4.79 Å². The Bertz CT molecular complexity index is 266. The predicted octanol–water partition coefficient (Wildman–Crippen LogP) is 1.86. The Kier molecular flexibility index (Phi) is 2.75. The van der Waals surface area contributed by atoms with Crippen LogP contribution in [0.15, 0.2) is 0 Å². The highest BCUT2D eigenvalue weighted by Crippen LogP contribution is 2.58. The Hall–Kier alpha value is -0.570. The van der Waals surface area contributed by atoms with Crippen LogP contribution < -0.4 is 5.73 Å². The van der Waals surface area contributed by atoms with E-state index in [0.29, 0.717) is 18.3 Å². The van der Waals surface area contributed by atoms with Gasteiger partial charge in [0.2, 0.25) is 0 Å². The Balaban J connectivity index is 2.15. The number of hydrogen-bond donors (Lipinski definition) is 2. The maximum absolute atomic E-state index is 10.8. The molecule has 3 heteroatoms. The number of aliphatic carboxylic acids is 1. The van der Waals surface area contributed by atoms with Crippen molar-refractivity contribution in [2.45, 2.75) is 39.0 Å². The molecule has 0 aromatic rings. The summed E-state index contributed by atoms with van der Waals surface area (Å²) in [6.45, 7) is 2.98. The topological polar surface area (TPSA) is 63.3 Å². The molecule has 3 nitrogen and oxygen atoms in total. The van der Waals surface area contributed by atoms with Crippen LogP contribution in [0.25, 0.3) is 0 Å². The molecule has 0 saturated heterocycles. The van der Waals surface area contributed by atoms with Crippen molar-refractivity contribution in [3.05, 3.63) is 0 Å². The minimum atomic E-state index is -0.649. The molecule has 0 aromatic heterocycles. The molecule has 15 heavy (non-hydrogen) atoms. The normalized spacial score (nSPS) is 44.3. The minimum Gasteiger partial charge on any atom is -0.481 e. The van der Waals surface area contributed by atoms with Gasteiger partial charge in [0, 0.05) is 6.42 Å². The maximum atomic E-state index is 10.8. The Morgan fingerprint density at radius 3 is 2.80 bits per heavy atom. The number of carbonyl (C=O) groups is 1. The van der Waals surface area contributed by atoms with Gasteiger partial charge < -0.3 is 10.8 Å². The average Bonchev–Trinajstić information content (AvgIpc) is 2.39. The summed E-state index contributed by atoms with van der Waals surface area (Å²) in [5, 5.41) is 8.94. The quantitative estimate of drug-likeness (QED) is 0.749. The van der Waals surface area contributed by atoms with Crippen LogP contribution >= 0.6 is 0 Å². The monoisotopic (exact) mass is 211 g/mol. The van der Waals surface area contributed by atoms with E-state index < -0.39 is 5.97 Å². The first-order valence-electron chi connectivity index (χ1n) is 5.98. The third kappa shape index (κ3) is 1.78. The van der Waals surface area contributed by atoms with Gasteiger partial charge in [-0.25, -0.2) is 0 Å². The highest BCUT2D eigenvalue weighted by molar-refractivity contribution is 5.67. The molecule has 2 aliphatic rings. The molecule has 3 N–H and O–H groups in total. The van der Waals surface area contributed by atoms with Crippen molar-refractivity contribution in [3.63, 3.8) is 0 Å². The smallest absolute Gasteiger partial charge is 0.303 e. The van der Waals surface area contributed by atoms with Gasteiger partial charge in [-0.15, -0.1) is 0 Å². The molecule has 0 aliphatic heterocycles. The van der Waals surface area contributed by atoms with Crippen LogP contribution in [0.4, 0.5) is 0 Å². The summed E-state index contributed by atoms with van der Waals surface area (Å²) < 4.78 is 0. The SMILES string of the molecule is C[C@]12C[C@H](CC[C@H]1CN)C[C@@H]2CC(=O)O. The lowest BCUT2D eigenvalue weighted by atomic mass is 9.65. The first kappa shape index (κ1) is 10.9. The zero-order chi connectivity index (χ0) is 11.1. The van der Waals surface area contributed by atoms with E-state index in [0.717, 1.165) is 18.9 Å². The number of carboxylic acid groups (broad SMARTS) is 1. The lowest BCUT2D eigenvalue weighted by molar-refractivity contribution is -0.139. The highest BCUT2D eigenvalue weighted by Gasteiger charge is 2.51. The van der Waals surface area contributed by atoms with Gasteiger partial charge in [0.1, 0.15) is 0 Å². The first-order chi connectivity index (χ1) is 7.06. The van der Waals surface area contributed by atoms with Gasteiger partial charge in [-0.1, -0.05) is 13.3 Å². The average molecular weight is 211 g/mol. The molecular formula is C12H21NO2. The van der Waals surface area contributed by atoms with Crippen LogP contribution in [0.2, 0.25) is 0 Å². The van der Waals surface area contributed by atoms with E-state index >= 15 is 0 Å². The van der Waals surface area contributed by atoms with Crippen LogP contribution in [0.1, 0.15) is 39.0 Å². The number of carboxylic acids is 1. The maximum Gasteiger partial charge on any atom is 0.303 e. The standard InChI is InChI=1S/C12H21NO2/c1-12-6-8(2-3-9(12)7-13)4-10(12)5-11(14)15/h8-10H,2-7,13H2,1H3,(H,14,15)/t8-,9+,10-,12+/m1/s1. The molecule has 0 unspecified atom stereocenters. The molecule has 0 radical (unpaired) electrons. The Morgan fingerprint density at radius 1 is 1.47 bits per heavy atom. The lowest BCUT2D eigenvalue weighted by Gasteiger charge is -2.41. The summed E-state index contributed by atoms with van der Waals surface area (Å²) in [6.07, 6.45) is 5.11. The number of nitrogens with two attached hydrogens (primary N) is 1. The fourth-order valence-corrected chi connectivity index (χ4v) is 3.94. The van der Waals surface area contributed by atoms with E-state index in [9.17, 15) is 4.79 Å². The molecule has 0 heterocycles. The van der Waals surface area contributed by atoms with Crippen molar-refractivity contribution in [2.24, 2.45) is 28.9 Å². The molecule has 2 rings (SSSR count). The first-order valence-corrected chi connectivity index (χ1v) is 5.98. The fourth-order valence-electron chi connectivity index (χ4n) is 3.94. The summed E-state index contributed by atoms with van der Waals surface area (Å²) in [4.78, 5) is 10.8. The fraction of sp³-hybridized carbons (Fsp3) is 0.917. The molecule has 4 atom stereocenters. The number of rotatable bonds is 3. The van der Waals surface area contributed by atoms with E-state index in [2.05, 4.69) is 6.92 Å². The van der Waals surface area contributed by atoms with Crippen LogP contribution in [0.3, 0.4) is 0 Å². The molecule has 86 valence electrons. The van der Waals surface area contributed by atoms with Gasteiger partial charge in [0.15, 0.2) is 0 Å². The largest absolute Gasteiger partial charge is 0.481 e. The summed E-state index contributed by atoms with van der Waals surface area (Å²) in [6, 6.07) is 0. The van der Waals surface area contributed by atoms with Gasteiger partial charge in [0.05, 0.1) is 0 Å². The molecule has 2 aliphatic carbocycles. The third-order valence-corrected chi connectivity index (χ3v) is 4.84. The van der Waals surface area contributed by atoms with Gasteiger partial charge in [-0.05, 0) is 49.0 Å². The van der Waals surface area contributed by atoms with Crippen LogP contribution in [-0.2, 0) is 4.79 Å². The molecular weight excluding hydrogens is 190 g/mol. The van der Waals surface area contributed by atoms with Crippen molar-refractivity contribution in [2.75, 3.05) is 6.54 Å². The second-order valence-corrected chi connectivity index (χ2v) is 5.62. The number of hydrogen-bond acceptors (Lipinski definition) is 2. The van der Waals surface area contributed by atoms with E-state index in [1.165, 1.54) is 19.3 Å². The van der Waals surface area contributed by atoms with Crippen molar-refractivity contribution in [1.29, 1.82) is 0 Å². The lowest BCUT2D eigenvalue weighted by Crippen LogP contribution is -2.38. The van der Waals surface area contributed by atoms with Crippen molar-refractivity contribution >= 4 is 5.97 Å². The highest BCUT2D eigenvalue weighted by atomic mass is 16.4. The summed E-state index contributed by atoms with van der Waals surface area (Å²) >= 11 is 0. The van der Waals surface area contributed by atoms with E-state index in [1.54, 1.807) is 0 Å². The van der Waals surface area contributed by atoms with E-state index in [4.69, 9.17) is 10.8 Å². The van der Waals surface area contributed by atoms with Crippen molar-refractivity contribution in [3.8, 4) is 0 Å². The molecule has 0 amide bonds. The predicted molar refractivity (Wildman–Crippen MR) is 58.4 cm³/mol. The Morgan fingerprint density at radius 2 is 2.20 bits per heavy atom. The zero-order valence-corrected chi connectivity index (χ0v) is 9.41. The molecule has 2 saturated carbocycles. The van der Waals surface area contributed by atoms with Gasteiger partial charge in [0.25, 0.3) is 0 Å². The van der Waals surface area contributed by atoms with E-state index in [1.807, 2.05) is 0 Å². The Labute approximate surface area is 91.0 Å². The molecule has 2 fully saturated rings. The van der Waals surface area contributed by atoms with Crippen molar-refractivity contribution in [1.82, 2.24) is 0 Å². The molecule has 0 spiro atoms. The van der Waals surface area contributed by atoms with Crippen LogP contribution in [0.5, 0.6) is 0 Å². The molecule has 2 bridgehead atoms. The summed E-state index contributed by atoms with van der Waals surface area (Å²) in [7, 11) is 0. The van der Waals surface area contributed by atoms with Gasteiger partial charge >= 0.3 is 5.97 Å². The zero-order valence-electron chi connectivity index (χ0n) is 9.41. The minimum absolute atomic E-state index is 0.204. The van der Waals surface area contributed by atoms with Gasteiger partial charge in [-0.2, -0.15) is 0 Å². The molecule has 0 aromatic carbocycles. The second kappa shape index (κ2) is 3.78. The summed E-state index contributed by atoms with van der Waals surface area (Å²) in [5.41, 5.74) is 6.02. The second-order valence-electron chi connectivity index (χ2n) is 5.62. The van der Waals surface area contributed by atoms with Crippen LogP contribution in [-0.4, -0.2) is 17.6 Å². The van der Waals surface area contributed by atoms with Crippen molar-refractivity contribution < 1.29 is 9.90 Å². The van der Waals surface area contributed by atoms with E-state index in [-0.39, 0.29) is 5.41 Å². The third-order valence-electron chi connectivity index (χ3n) is 4.84. The number of fused-ring (bicyclic) bond motifs is 2.